The summed E-state index contributed by atoms with van der Waals surface area (Å²) < 4.78 is 0. The number of rotatable bonds is 1. The van der Waals surface area contributed by atoms with Gasteiger partial charge in [0.1, 0.15) is 0 Å². The summed E-state index contributed by atoms with van der Waals surface area (Å²) in [6.45, 7) is 2.07. The maximum atomic E-state index is 6.02. The van der Waals surface area contributed by atoms with E-state index in [2.05, 4.69) is 23.0 Å². The fourth-order valence-corrected chi connectivity index (χ4v) is 2.62. The highest BCUT2D eigenvalue weighted by Gasteiger charge is 2.18. The van der Waals surface area contributed by atoms with E-state index >= 15 is 0 Å². The van der Waals surface area contributed by atoms with Crippen LogP contribution < -0.4 is 5.73 Å². The topological polar surface area (TPSA) is 42.1 Å². The molecule has 0 radical (unpaired) electrons. The molecule has 0 atom stereocenters. The van der Waals surface area contributed by atoms with Gasteiger partial charge < -0.3 is 10.6 Å². The van der Waals surface area contributed by atoms with Crippen LogP contribution in [0.4, 0.5) is 5.69 Å². The third kappa shape index (κ3) is 1.97. The van der Waals surface area contributed by atoms with Crippen LogP contribution in [0.3, 0.4) is 0 Å². The van der Waals surface area contributed by atoms with Gasteiger partial charge in [0.25, 0.3) is 0 Å². The van der Waals surface area contributed by atoms with Gasteiger partial charge in [-0.1, -0.05) is 6.07 Å². The van der Waals surface area contributed by atoms with Crippen LogP contribution >= 0.6 is 0 Å². The normalized spacial score (nSPS) is 15.4. The molecule has 0 saturated carbocycles. The van der Waals surface area contributed by atoms with Gasteiger partial charge in [-0.2, -0.15) is 0 Å². The zero-order valence-corrected chi connectivity index (χ0v) is 10.6. The number of hydrogen-bond donors (Lipinski definition) is 1. The standard InChI is InChI=1S/C15H17N3/c1-18-7-5-13-11(10-18)8-12(16)9-14(13)15-4-2-3-6-17-15/h2-4,6,8-9H,5,7,10,16H2,1H3. The lowest BCUT2D eigenvalue weighted by Gasteiger charge is -2.27. The molecule has 18 heavy (non-hydrogen) atoms. The van der Waals surface area contributed by atoms with E-state index in [9.17, 15) is 0 Å². The third-order valence-corrected chi connectivity index (χ3v) is 3.49. The summed E-state index contributed by atoms with van der Waals surface area (Å²) in [6, 6.07) is 10.2. The molecule has 2 aromatic rings. The number of likely N-dealkylation sites (N-methyl/N-ethyl adjacent to an activating group) is 1. The number of aromatic nitrogens is 1. The SMILES string of the molecule is CN1CCc2c(cc(N)cc2-c2ccccn2)C1. The predicted octanol–water partition coefficient (Wildman–Crippen LogP) is 2.32. The summed E-state index contributed by atoms with van der Waals surface area (Å²) in [7, 11) is 2.15. The molecule has 3 rings (SSSR count). The van der Waals surface area contributed by atoms with Crippen LogP contribution in [0.25, 0.3) is 11.3 Å². The first kappa shape index (κ1) is 11.2. The first-order valence-electron chi connectivity index (χ1n) is 6.25. The van der Waals surface area contributed by atoms with E-state index < -0.39 is 0 Å². The van der Waals surface area contributed by atoms with Crippen molar-refractivity contribution in [1.82, 2.24) is 9.88 Å². The van der Waals surface area contributed by atoms with E-state index in [4.69, 9.17) is 5.73 Å². The van der Waals surface area contributed by atoms with Crippen LogP contribution in [0.15, 0.2) is 36.5 Å². The molecule has 1 aliphatic heterocycles. The fraction of sp³-hybridized carbons (Fsp3) is 0.267. The largest absolute Gasteiger partial charge is 0.399 e. The highest BCUT2D eigenvalue weighted by atomic mass is 15.1. The molecule has 0 bridgehead atoms. The van der Waals surface area contributed by atoms with Crippen molar-refractivity contribution in [2.75, 3.05) is 19.3 Å². The Morgan fingerprint density at radius 2 is 2.17 bits per heavy atom. The van der Waals surface area contributed by atoms with Crippen molar-refractivity contribution in [1.29, 1.82) is 0 Å². The van der Waals surface area contributed by atoms with E-state index in [0.717, 1.165) is 30.9 Å². The Balaban J connectivity index is 2.15. The van der Waals surface area contributed by atoms with Crippen molar-refractivity contribution in [2.24, 2.45) is 0 Å². The number of anilines is 1. The van der Waals surface area contributed by atoms with Crippen LogP contribution in [0, 0.1) is 0 Å². The molecule has 0 fully saturated rings. The molecule has 92 valence electrons. The summed E-state index contributed by atoms with van der Waals surface area (Å²) >= 11 is 0. The van der Waals surface area contributed by atoms with Crippen LogP contribution in [0.1, 0.15) is 11.1 Å². The number of nitrogen functional groups attached to an aromatic ring is 1. The van der Waals surface area contributed by atoms with Crippen LogP contribution in [0.2, 0.25) is 0 Å². The van der Waals surface area contributed by atoms with Crippen LogP contribution in [0.5, 0.6) is 0 Å². The lowest BCUT2D eigenvalue weighted by molar-refractivity contribution is 0.313. The van der Waals surface area contributed by atoms with Crippen molar-refractivity contribution in [3.8, 4) is 11.3 Å². The molecule has 1 aliphatic rings. The Kier molecular flexibility index (Phi) is 2.76. The minimum atomic E-state index is 0.824. The predicted molar refractivity (Wildman–Crippen MR) is 74.1 cm³/mol. The monoisotopic (exact) mass is 239 g/mol. The highest BCUT2D eigenvalue weighted by molar-refractivity contribution is 5.70. The van der Waals surface area contributed by atoms with Gasteiger partial charge in [-0.15, -0.1) is 0 Å². The minimum Gasteiger partial charge on any atom is -0.399 e. The summed E-state index contributed by atoms with van der Waals surface area (Å²) in [4.78, 5) is 6.77. The average Bonchev–Trinajstić information content (AvgIpc) is 2.38. The Morgan fingerprint density at radius 1 is 1.28 bits per heavy atom. The van der Waals surface area contributed by atoms with Gasteiger partial charge in [-0.05, 0) is 48.9 Å². The van der Waals surface area contributed by atoms with Gasteiger partial charge >= 0.3 is 0 Å². The Morgan fingerprint density at radius 3 is 2.94 bits per heavy atom. The molecule has 0 unspecified atom stereocenters. The highest BCUT2D eigenvalue weighted by Crippen LogP contribution is 2.31. The quantitative estimate of drug-likeness (QED) is 0.777. The van der Waals surface area contributed by atoms with Gasteiger partial charge in [-0.3, -0.25) is 4.98 Å². The summed E-state index contributed by atoms with van der Waals surface area (Å²) in [5.74, 6) is 0. The number of nitrogens with two attached hydrogens (primary N) is 1. The Labute approximate surface area is 107 Å². The zero-order valence-electron chi connectivity index (χ0n) is 10.6. The number of hydrogen-bond acceptors (Lipinski definition) is 3. The molecule has 0 amide bonds. The number of nitrogens with zero attached hydrogens (tertiary/aromatic N) is 2. The Hall–Kier alpha value is -1.87. The molecular weight excluding hydrogens is 222 g/mol. The zero-order chi connectivity index (χ0) is 12.5. The van der Waals surface area contributed by atoms with E-state index in [0.29, 0.717) is 0 Å². The lowest BCUT2D eigenvalue weighted by atomic mass is 9.92. The van der Waals surface area contributed by atoms with Crippen molar-refractivity contribution in [2.45, 2.75) is 13.0 Å². The second-order valence-electron chi connectivity index (χ2n) is 4.91. The van der Waals surface area contributed by atoms with Crippen LogP contribution in [-0.2, 0) is 13.0 Å². The number of benzene rings is 1. The molecule has 0 spiro atoms. The molecule has 3 nitrogen and oxygen atoms in total. The van der Waals surface area contributed by atoms with Crippen molar-refractivity contribution >= 4 is 5.69 Å². The number of pyridine rings is 1. The first-order valence-corrected chi connectivity index (χ1v) is 6.25. The molecule has 0 saturated heterocycles. The lowest BCUT2D eigenvalue weighted by Crippen LogP contribution is -2.27. The molecule has 1 aromatic carbocycles. The third-order valence-electron chi connectivity index (χ3n) is 3.49. The maximum Gasteiger partial charge on any atom is 0.0705 e. The fourth-order valence-electron chi connectivity index (χ4n) is 2.62. The van der Waals surface area contributed by atoms with Crippen LogP contribution in [-0.4, -0.2) is 23.5 Å². The summed E-state index contributed by atoms with van der Waals surface area (Å²) in [6.07, 6.45) is 2.90. The maximum absolute atomic E-state index is 6.02. The van der Waals surface area contributed by atoms with Gasteiger partial charge in [0, 0.05) is 30.5 Å². The minimum absolute atomic E-state index is 0.824. The van der Waals surface area contributed by atoms with Crippen molar-refractivity contribution in [3.05, 3.63) is 47.7 Å². The van der Waals surface area contributed by atoms with E-state index in [1.54, 1.807) is 0 Å². The van der Waals surface area contributed by atoms with Gasteiger partial charge in [0.15, 0.2) is 0 Å². The second-order valence-corrected chi connectivity index (χ2v) is 4.91. The molecule has 2 heterocycles. The van der Waals surface area contributed by atoms with E-state index in [1.807, 2.05) is 30.5 Å². The van der Waals surface area contributed by atoms with Crippen molar-refractivity contribution in [3.63, 3.8) is 0 Å². The van der Waals surface area contributed by atoms with E-state index in [-0.39, 0.29) is 0 Å². The average molecular weight is 239 g/mol. The van der Waals surface area contributed by atoms with Gasteiger partial charge in [-0.25, -0.2) is 0 Å². The summed E-state index contributed by atoms with van der Waals surface area (Å²) in [5, 5.41) is 0. The molecule has 3 heteroatoms. The molecule has 1 aromatic heterocycles. The molecular formula is C15H17N3. The van der Waals surface area contributed by atoms with Gasteiger partial charge in [0.2, 0.25) is 0 Å². The molecule has 0 aliphatic carbocycles. The first-order chi connectivity index (χ1) is 8.74. The smallest absolute Gasteiger partial charge is 0.0705 e. The van der Waals surface area contributed by atoms with Gasteiger partial charge in [0.05, 0.1) is 5.69 Å². The number of fused-ring (bicyclic) bond motifs is 1. The van der Waals surface area contributed by atoms with Crippen molar-refractivity contribution < 1.29 is 0 Å². The molecule has 2 N–H and O–H groups in total. The Bertz CT molecular complexity index is 563. The second kappa shape index (κ2) is 4.42. The summed E-state index contributed by atoms with van der Waals surface area (Å²) in [5.41, 5.74) is 11.8. The van der Waals surface area contributed by atoms with E-state index in [1.165, 1.54) is 16.7 Å².